The van der Waals surface area contributed by atoms with Gasteiger partial charge in [-0.05, 0) is 32.3 Å². The molecule has 38 heavy (non-hydrogen) atoms. The number of hydrogen-bond donors (Lipinski definition) is 4. The van der Waals surface area contributed by atoms with E-state index in [1.165, 1.54) is 18.5 Å². The molecule has 0 atom stereocenters. The number of hydrogen-bond acceptors (Lipinski definition) is 8. The predicted octanol–water partition coefficient (Wildman–Crippen LogP) is 4.53. The van der Waals surface area contributed by atoms with Crippen molar-refractivity contribution in [3.8, 4) is 16.3 Å². The minimum Gasteiger partial charge on any atom is -0.409 e. The molecule has 3 aromatic heterocycles. The molecule has 0 fully saturated rings. The minimum atomic E-state index is -4.71. The fourth-order valence-corrected chi connectivity index (χ4v) is 3.90. The quantitative estimate of drug-likeness (QED) is 0.247. The summed E-state index contributed by atoms with van der Waals surface area (Å²) in [4.78, 5) is 35.3. The number of benzene rings is 1. The lowest BCUT2D eigenvalue weighted by molar-refractivity contribution is -0.137. The highest BCUT2D eigenvalue weighted by molar-refractivity contribution is 7.19. The Kier molecular flexibility index (Phi) is 7.72. The van der Waals surface area contributed by atoms with Crippen LogP contribution in [0.2, 0.25) is 0 Å². The van der Waals surface area contributed by atoms with Crippen molar-refractivity contribution in [3.63, 3.8) is 0 Å². The maximum Gasteiger partial charge on any atom is 0.416 e. The van der Waals surface area contributed by atoms with Gasteiger partial charge in [0.2, 0.25) is 0 Å². The molecule has 0 aliphatic rings. The lowest BCUT2D eigenvalue weighted by Crippen LogP contribution is -2.33. The zero-order chi connectivity index (χ0) is 27.4. The summed E-state index contributed by atoms with van der Waals surface area (Å²) in [5, 5.41) is 14.1. The first-order chi connectivity index (χ1) is 18.0. The van der Waals surface area contributed by atoms with Crippen molar-refractivity contribution in [2.45, 2.75) is 6.18 Å². The summed E-state index contributed by atoms with van der Waals surface area (Å²) in [6.07, 6.45) is -2.54. The molecule has 3 amide bonds. The van der Waals surface area contributed by atoms with Crippen molar-refractivity contribution >= 4 is 45.3 Å². The van der Waals surface area contributed by atoms with Crippen molar-refractivity contribution in [2.75, 3.05) is 37.8 Å². The Bertz CT molecular complexity index is 1470. The van der Waals surface area contributed by atoms with Crippen LogP contribution in [0.15, 0.2) is 36.7 Å². The average Bonchev–Trinajstić information content (AvgIpc) is 3.49. The van der Waals surface area contributed by atoms with Crippen LogP contribution in [0.5, 0.6) is 5.75 Å². The predicted molar refractivity (Wildman–Crippen MR) is 132 cm³/mol. The van der Waals surface area contributed by atoms with Crippen LogP contribution in [0.25, 0.3) is 21.6 Å². The summed E-state index contributed by atoms with van der Waals surface area (Å²) < 4.78 is 58.1. The first-order valence-electron chi connectivity index (χ1n) is 10.8. The van der Waals surface area contributed by atoms with Gasteiger partial charge < -0.3 is 20.3 Å². The number of aromatic nitrogens is 4. The van der Waals surface area contributed by atoms with Gasteiger partial charge in [0.05, 0.1) is 33.4 Å². The van der Waals surface area contributed by atoms with E-state index in [0.717, 1.165) is 11.3 Å². The number of halogens is 4. The second-order valence-corrected chi connectivity index (χ2v) is 9.09. The number of carbonyl (C=O) groups is 2. The molecule has 0 saturated carbocycles. The van der Waals surface area contributed by atoms with E-state index < -0.39 is 35.4 Å². The number of fused-ring (bicyclic) bond motifs is 1. The summed E-state index contributed by atoms with van der Waals surface area (Å²) in [5.74, 6) is -0.856. The summed E-state index contributed by atoms with van der Waals surface area (Å²) in [5.41, 5.74) is -1.09. The molecule has 11 nitrogen and oxygen atoms in total. The van der Waals surface area contributed by atoms with Gasteiger partial charge in [0, 0.05) is 25.4 Å². The van der Waals surface area contributed by atoms with Crippen LogP contribution in [-0.4, -0.2) is 64.4 Å². The van der Waals surface area contributed by atoms with Crippen LogP contribution < -0.4 is 20.7 Å². The minimum absolute atomic E-state index is 0.0558. The number of carbonyl (C=O) groups excluding carboxylic acids is 2. The number of amides is 3. The van der Waals surface area contributed by atoms with Crippen LogP contribution in [0.4, 0.5) is 38.0 Å². The Hall–Kier alpha value is -4.31. The van der Waals surface area contributed by atoms with E-state index >= 15 is 0 Å². The summed E-state index contributed by atoms with van der Waals surface area (Å²) >= 11 is 0.977. The fraction of sp³-hybridized carbons (Fsp3) is 0.227. The number of alkyl halides is 3. The maximum atomic E-state index is 13.9. The number of ether oxygens (including phenoxy) is 1. The third-order valence-electron chi connectivity index (χ3n) is 4.94. The number of rotatable bonds is 7. The summed E-state index contributed by atoms with van der Waals surface area (Å²) in [6, 6.07) is 2.17. The average molecular weight is 553 g/mol. The number of urea groups is 1. The molecule has 200 valence electrons. The molecule has 16 heteroatoms. The van der Waals surface area contributed by atoms with Crippen molar-refractivity contribution in [1.29, 1.82) is 0 Å². The maximum absolute atomic E-state index is 13.9. The lowest BCUT2D eigenvalue weighted by Gasteiger charge is -2.11. The molecule has 0 spiro atoms. The van der Waals surface area contributed by atoms with Gasteiger partial charge in [0.1, 0.15) is 11.6 Å². The smallest absolute Gasteiger partial charge is 0.409 e. The number of thiazole rings is 1. The number of likely N-dealkylation sites (N-methyl/N-ethyl adjacent to an activating group) is 1. The van der Waals surface area contributed by atoms with Gasteiger partial charge in [0.25, 0.3) is 0 Å². The van der Waals surface area contributed by atoms with Crippen molar-refractivity contribution < 1.29 is 31.9 Å². The Morgan fingerprint density at radius 3 is 2.68 bits per heavy atom. The van der Waals surface area contributed by atoms with Gasteiger partial charge in [0.15, 0.2) is 10.8 Å². The number of H-pyrrole nitrogens is 1. The normalized spacial score (nSPS) is 11.6. The summed E-state index contributed by atoms with van der Waals surface area (Å²) in [6.45, 7) is 0.983. The van der Waals surface area contributed by atoms with Gasteiger partial charge >= 0.3 is 18.3 Å². The molecule has 0 radical (unpaired) electrons. The molecule has 4 aromatic rings. The standard InChI is InChI=1S/C22H20F4N8O3S/c1-34(2)6-5-27-21(36)37-16-8-15(30-18-12(16)9-29-33-18)17-10-28-20(38-17)32-19(35)31-14-7-11(22(24,25)26)3-4-13(14)23/h3-4,7-10H,5-6H2,1-2H3,(H,27,36)(H,29,30,33)(H2,28,31,32,35). The van der Waals surface area contributed by atoms with Crippen LogP contribution >= 0.6 is 11.3 Å². The molecule has 4 rings (SSSR count). The van der Waals surface area contributed by atoms with Gasteiger partial charge in [-0.3, -0.25) is 10.4 Å². The Morgan fingerprint density at radius 2 is 1.95 bits per heavy atom. The fourth-order valence-electron chi connectivity index (χ4n) is 3.13. The molecule has 0 aliphatic carbocycles. The Labute approximate surface area is 216 Å². The molecule has 0 saturated heterocycles. The van der Waals surface area contributed by atoms with E-state index in [2.05, 4.69) is 30.8 Å². The molecular weight excluding hydrogens is 532 g/mol. The summed E-state index contributed by atoms with van der Waals surface area (Å²) in [7, 11) is 3.73. The molecular formula is C22H20F4N8O3S. The first kappa shape index (κ1) is 26.7. The highest BCUT2D eigenvalue weighted by Gasteiger charge is 2.31. The second-order valence-electron chi connectivity index (χ2n) is 8.06. The highest BCUT2D eigenvalue weighted by Crippen LogP contribution is 2.34. The van der Waals surface area contributed by atoms with E-state index in [9.17, 15) is 27.2 Å². The topological polar surface area (TPSA) is 137 Å². The Morgan fingerprint density at radius 1 is 1.16 bits per heavy atom. The van der Waals surface area contributed by atoms with Gasteiger partial charge in [-0.25, -0.2) is 23.9 Å². The number of nitrogens with one attached hydrogen (secondary N) is 4. The molecule has 4 N–H and O–H groups in total. The number of pyridine rings is 1. The van der Waals surface area contributed by atoms with Crippen LogP contribution in [0.1, 0.15) is 5.56 Å². The molecule has 1 aromatic carbocycles. The zero-order valence-electron chi connectivity index (χ0n) is 19.8. The third-order valence-corrected chi connectivity index (χ3v) is 5.87. The van der Waals surface area contributed by atoms with E-state index in [1.807, 2.05) is 24.3 Å². The number of anilines is 2. The zero-order valence-corrected chi connectivity index (χ0v) is 20.6. The van der Waals surface area contributed by atoms with E-state index in [4.69, 9.17) is 4.74 Å². The van der Waals surface area contributed by atoms with Crippen molar-refractivity contribution in [3.05, 3.63) is 48.0 Å². The van der Waals surface area contributed by atoms with Gasteiger partial charge in [-0.2, -0.15) is 18.3 Å². The second kappa shape index (κ2) is 11.0. The van der Waals surface area contributed by atoms with E-state index in [0.29, 0.717) is 52.9 Å². The molecule has 0 aliphatic heterocycles. The monoisotopic (exact) mass is 552 g/mol. The van der Waals surface area contributed by atoms with Gasteiger partial charge in [-0.1, -0.05) is 11.3 Å². The van der Waals surface area contributed by atoms with E-state index in [-0.39, 0.29) is 10.9 Å². The molecule has 3 heterocycles. The lowest BCUT2D eigenvalue weighted by atomic mass is 10.2. The van der Waals surface area contributed by atoms with Crippen LogP contribution in [-0.2, 0) is 6.18 Å². The first-order valence-corrected chi connectivity index (χ1v) is 11.7. The number of aromatic amines is 1. The third kappa shape index (κ3) is 6.51. The van der Waals surface area contributed by atoms with Crippen molar-refractivity contribution in [1.82, 2.24) is 30.4 Å². The van der Waals surface area contributed by atoms with Crippen LogP contribution in [0, 0.1) is 5.82 Å². The molecule has 0 bridgehead atoms. The molecule has 0 unspecified atom stereocenters. The Balaban J connectivity index is 1.48. The SMILES string of the molecule is CN(C)CCNC(=O)Oc1cc(-c2cnc(NC(=O)Nc3cc(C(F)(F)F)ccc3F)s2)nc2[nH]ncc12. The highest BCUT2D eigenvalue weighted by atomic mass is 32.1. The largest absolute Gasteiger partial charge is 0.416 e. The number of nitrogens with zero attached hydrogens (tertiary/aromatic N) is 4. The van der Waals surface area contributed by atoms with E-state index in [1.54, 1.807) is 0 Å². The van der Waals surface area contributed by atoms with Gasteiger partial charge in [-0.15, -0.1) is 0 Å². The van der Waals surface area contributed by atoms with Crippen molar-refractivity contribution in [2.24, 2.45) is 0 Å². The van der Waals surface area contributed by atoms with Crippen LogP contribution in [0.3, 0.4) is 0 Å².